The van der Waals surface area contributed by atoms with Crippen LogP contribution in [0.5, 0.6) is 0 Å². The van der Waals surface area contributed by atoms with Crippen LogP contribution in [0.25, 0.3) is 0 Å². The molecule has 0 radical (unpaired) electrons. The van der Waals surface area contributed by atoms with Gasteiger partial charge in [0.2, 0.25) is 5.95 Å². The first-order valence-electron chi connectivity index (χ1n) is 6.82. The van der Waals surface area contributed by atoms with E-state index in [1.807, 2.05) is 0 Å². The van der Waals surface area contributed by atoms with Crippen molar-refractivity contribution in [3.8, 4) is 0 Å². The van der Waals surface area contributed by atoms with Gasteiger partial charge in [-0.3, -0.25) is 10.1 Å². The second kappa shape index (κ2) is 7.41. The van der Waals surface area contributed by atoms with Crippen LogP contribution in [0, 0.1) is 0 Å². The molecule has 1 fully saturated rings. The van der Waals surface area contributed by atoms with Crippen molar-refractivity contribution in [1.82, 2.24) is 20.1 Å². The maximum absolute atomic E-state index is 12.1. The van der Waals surface area contributed by atoms with Crippen LogP contribution in [0.4, 0.5) is 5.95 Å². The molecule has 6 nitrogen and oxygen atoms in total. The Kier molecular flexibility index (Phi) is 5.80. The minimum Gasteiger partial charge on any atom is -0.317 e. The van der Waals surface area contributed by atoms with Crippen molar-refractivity contribution in [2.24, 2.45) is 7.05 Å². The van der Waals surface area contributed by atoms with Crippen molar-refractivity contribution in [3.05, 3.63) is 27.2 Å². The number of hydrogen-bond acceptors (Lipinski definition) is 5. The largest absolute Gasteiger partial charge is 0.317 e. The third-order valence-corrected chi connectivity index (χ3v) is 4.74. The molecule has 1 aliphatic heterocycles. The number of anilines is 1. The fourth-order valence-corrected chi connectivity index (χ4v) is 3.30. The topological polar surface area (TPSA) is 71.8 Å². The van der Waals surface area contributed by atoms with Gasteiger partial charge in [0.1, 0.15) is 0 Å². The molecule has 120 valence electrons. The Bertz CT molecular complexity index is 651. The number of piperidine rings is 1. The lowest BCUT2D eigenvalue weighted by Gasteiger charge is -2.19. The number of aryl methyl sites for hydroxylation is 1. The number of halogens is 2. The van der Waals surface area contributed by atoms with E-state index < -0.39 is 0 Å². The summed E-state index contributed by atoms with van der Waals surface area (Å²) in [6.07, 6.45) is 2.05. The van der Waals surface area contributed by atoms with Gasteiger partial charge in [0, 0.05) is 13.0 Å². The molecule has 1 saturated heterocycles. The molecular formula is C13H17Cl2N5OS. The summed E-state index contributed by atoms with van der Waals surface area (Å²) >= 11 is 7.09. The van der Waals surface area contributed by atoms with E-state index in [1.165, 1.54) is 11.3 Å². The standard InChI is InChI=1S/C13H16ClN5OS.ClH/c1-19-13(17-12(20)9-2-3-10(14)21-9)16-11(18-19)8-4-6-15-7-5-8;/h2-3,8,15H,4-7H2,1H3,(H,16,17,18,20);1H. The molecule has 9 heteroatoms. The van der Waals surface area contributed by atoms with Crippen LogP contribution in [0.3, 0.4) is 0 Å². The van der Waals surface area contributed by atoms with Crippen LogP contribution in [0.1, 0.15) is 34.3 Å². The van der Waals surface area contributed by atoms with E-state index in [9.17, 15) is 4.79 Å². The number of amides is 1. The van der Waals surface area contributed by atoms with Crippen LogP contribution < -0.4 is 10.6 Å². The minimum absolute atomic E-state index is 0. The summed E-state index contributed by atoms with van der Waals surface area (Å²) in [7, 11) is 1.79. The number of carbonyl (C=O) groups excluding carboxylic acids is 1. The molecule has 3 rings (SSSR count). The average Bonchev–Trinajstić information content (AvgIpc) is 3.07. The second-order valence-electron chi connectivity index (χ2n) is 5.00. The Balaban J connectivity index is 0.00000176. The monoisotopic (exact) mass is 361 g/mol. The van der Waals surface area contributed by atoms with Crippen LogP contribution in [-0.4, -0.2) is 33.8 Å². The number of rotatable bonds is 3. The van der Waals surface area contributed by atoms with Crippen LogP contribution in [0.2, 0.25) is 4.34 Å². The Morgan fingerprint density at radius 2 is 2.18 bits per heavy atom. The van der Waals surface area contributed by atoms with Gasteiger partial charge in [0.05, 0.1) is 9.21 Å². The fraction of sp³-hybridized carbons (Fsp3) is 0.462. The van der Waals surface area contributed by atoms with Gasteiger partial charge < -0.3 is 5.32 Å². The fourth-order valence-electron chi connectivity index (χ4n) is 2.37. The van der Waals surface area contributed by atoms with Crippen molar-refractivity contribution < 1.29 is 4.79 Å². The maximum Gasteiger partial charge on any atom is 0.268 e. The zero-order valence-electron chi connectivity index (χ0n) is 12.0. The number of aromatic nitrogens is 3. The highest BCUT2D eigenvalue weighted by Crippen LogP contribution is 2.24. The first-order chi connectivity index (χ1) is 10.1. The summed E-state index contributed by atoms with van der Waals surface area (Å²) in [5.41, 5.74) is 0. The van der Waals surface area contributed by atoms with Gasteiger partial charge in [-0.15, -0.1) is 23.7 Å². The maximum atomic E-state index is 12.1. The molecule has 22 heavy (non-hydrogen) atoms. The Morgan fingerprint density at radius 3 is 2.82 bits per heavy atom. The van der Waals surface area contributed by atoms with Crippen LogP contribution >= 0.6 is 35.3 Å². The Labute approximate surface area is 143 Å². The predicted octanol–water partition coefficient (Wildman–Crippen LogP) is 2.67. The van der Waals surface area contributed by atoms with Gasteiger partial charge in [-0.2, -0.15) is 10.1 Å². The molecule has 0 bridgehead atoms. The highest BCUT2D eigenvalue weighted by molar-refractivity contribution is 7.18. The summed E-state index contributed by atoms with van der Waals surface area (Å²) in [4.78, 5) is 17.1. The first kappa shape index (κ1) is 17.2. The van der Waals surface area contributed by atoms with E-state index in [-0.39, 0.29) is 18.3 Å². The van der Waals surface area contributed by atoms with Gasteiger partial charge in [-0.1, -0.05) is 11.6 Å². The van der Waals surface area contributed by atoms with Gasteiger partial charge in [0.15, 0.2) is 5.82 Å². The highest BCUT2D eigenvalue weighted by atomic mass is 35.5. The predicted molar refractivity (Wildman–Crippen MR) is 90.4 cm³/mol. The molecule has 2 aromatic heterocycles. The summed E-state index contributed by atoms with van der Waals surface area (Å²) in [5.74, 6) is 1.43. The van der Waals surface area contributed by atoms with Crippen molar-refractivity contribution in [3.63, 3.8) is 0 Å². The average molecular weight is 362 g/mol. The minimum atomic E-state index is -0.209. The number of nitrogens with one attached hydrogen (secondary N) is 2. The van der Waals surface area contributed by atoms with Gasteiger partial charge >= 0.3 is 0 Å². The third-order valence-electron chi connectivity index (χ3n) is 3.51. The lowest BCUT2D eigenvalue weighted by Crippen LogP contribution is -2.27. The van der Waals surface area contributed by atoms with E-state index in [4.69, 9.17) is 11.6 Å². The molecular weight excluding hydrogens is 345 g/mol. The third kappa shape index (κ3) is 3.78. The summed E-state index contributed by atoms with van der Waals surface area (Å²) in [5, 5.41) is 10.5. The Morgan fingerprint density at radius 1 is 1.45 bits per heavy atom. The van der Waals surface area contributed by atoms with E-state index in [0.717, 1.165) is 31.8 Å². The van der Waals surface area contributed by atoms with Crippen LogP contribution in [0.15, 0.2) is 12.1 Å². The summed E-state index contributed by atoms with van der Waals surface area (Å²) in [6, 6.07) is 3.41. The van der Waals surface area contributed by atoms with Gasteiger partial charge in [0.25, 0.3) is 5.91 Å². The van der Waals surface area contributed by atoms with E-state index in [1.54, 1.807) is 23.9 Å². The van der Waals surface area contributed by atoms with Crippen molar-refractivity contribution in [2.45, 2.75) is 18.8 Å². The lowest BCUT2D eigenvalue weighted by atomic mass is 9.98. The summed E-state index contributed by atoms with van der Waals surface area (Å²) in [6.45, 7) is 1.97. The smallest absolute Gasteiger partial charge is 0.268 e. The van der Waals surface area contributed by atoms with Crippen molar-refractivity contribution in [1.29, 1.82) is 0 Å². The molecule has 2 N–H and O–H groups in total. The molecule has 1 amide bonds. The molecule has 0 saturated carbocycles. The highest BCUT2D eigenvalue weighted by Gasteiger charge is 2.21. The first-order valence-corrected chi connectivity index (χ1v) is 8.01. The quantitative estimate of drug-likeness (QED) is 0.881. The van der Waals surface area contributed by atoms with Crippen LogP contribution in [-0.2, 0) is 7.05 Å². The van der Waals surface area contributed by atoms with Gasteiger partial charge in [-0.25, -0.2) is 4.68 Å². The number of hydrogen-bond donors (Lipinski definition) is 2. The molecule has 2 aromatic rings. The number of nitrogens with zero attached hydrogens (tertiary/aromatic N) is 3. The molecule has 0 aliphatic carbocycles. The zero-order chi connectivity index (χ0) is 14.8. The number of carbonyl (C=O) groups is 1. The zero-order valence-corrected chi connectivity index (χ0v) is 14.4. The second-order valence-corrected chi connectivity index (χ2v) is 6.71. The van der Waals surface area contributed by atoms with E-state index in [2.05, 4.69) is 20.7 Å². The van der Waals surface area contributed by atoms with Crippen molar-refractivity contribution in [2.75, 3.05) is 18.4 Å². The van der Waals surface area contributed by atoms with E-state index >= 15 is 0 Å². The Hall–Kier alpha value is -1.15. The number of thiophene rings is 1. The normalized spacial score (nSPS) is 15.4. The molecule has 0 aromatic carbocycles. The lowest BCUT2D eigenvalue weighted by molar-refractivity contribution is 0.102. The summed E-state index contributed by atoms with van der Waals surface area (Å²) < 4.78 is 2.21. The van der Waals surface area contributed by atoms with Crippen molar-refractivity contribution >= 4 is 47.2 Å². The molecule has 0 spiro atoms. The molecule has 3 heterocycles. The van der Waals surface area contributed by atoms with Gasteiger partial charge in [-0.05, 0) is 38.1 Å². The molecule has 1 aliphatic rings. The molecule has 0 atom stereocenters. The van der Waals surface area contributed by atoms with E-state index in [0.29, 0.717) is 21.1 Å². The SMILES string of the molecule is Cl.Cn1nc(C2CCNCC2)nc1NC(=O)c1ccc(Cl)s1. The molecule has 0 unspecified atom stereocenters.